The summed E-state index contributed by atoms with van der Waals surface area (Å²) in [4.78, 5) is 15.8. The molecule has 5 rings (SSSR count). The molecule has 1 saturated carbocycles. The number of benzene rings is 1. The number of anilines is 1. The largest absolute Gasteiger partial charge is 0.368 e. The van der Waals surface area contributed by atoms with Gasteiger partial charge in [-0.15, -0.1) is 0 Å². The fraction of sp³-hybridized carbons (Fsp3) is 0.455. The van der Waals surface area contributed by atoms with Crippen LogP contribution in [0.1, 0.15) is 48.8 Å². The second-order valence-corrected chi connectivity index (χ2v) is 8.08. The van der Waals surface area contributed by atoms with Crippen molar-refractivity contribution in [3.05, 3.63) is 45.9 Å². The Bertz CT molecular complexity index is 1070. The summed E-state index contributed by atoms with van der Waals surface area (Å²) in [6, 6.07) is 8.43. The Labute approximate surface area is 163 Å². The number of pyridine rings is 1. The Kier molecular flexibility index (Phi) is 4.34. The molecular formula is C22H25N5O. The first-order valence-corrected chi connectivity index (χ1v) is 10.3. The molecular weight excluding hydrogens is 350 g/mol. The van der Waals surface area contributed by atoms with Crippen LogP contribution in [0, 0.1) is 16.2 Å². The van der Waals surface area contributed by atoms with Crippen molar-refractivity contribution in [3.63, 3.8) is 0 Å². The molecule has 0 spiro atoms. The van der Waals surface area contributed by atoms with Crippen molar-refractivity contribution >= 4 is 28.7 Å². The monoisotopic (exact) mass is 375 g/mol. The predicted molar refractivity (Wildman–Crippen MR) is 113 cm³/mol. The first kappa shape index (κ1) is 17.3. The average Bonchev–Trinajstić information content (AvgIpc) is 3.34. The van der Waals surface area contributed by atoms with E-state index in [9.17, 15) is 4.91 Å². The Balaban J connectivity index is 1.73. The summed E-state index contributed by atoms with van der Waals surface area (Å²) in [6.07, 6.45) is 9.07. The van der Waals surface area contributed by atoms with Crippen LogP contribution < -0.4 is 5.32 Å². The van der Waals surface area contributed by atoms with Crippen LogP contribution in [0.25, 0.3) is 16.7 Å². The van der Waals surface area contributed by atoms with Crippen molar-refractivity contribution in [1.82, 2.24) is 9.38 Å². The van der Waals surface area contributed by atoms with E-state index >= 15 is 0 Å². The van der Waals surface area contributed by atoms with Crippen molar-refractivity contribution < 1.29 is 0 Å². The van der Waals surface area contributed by atoms with Gasteiger partial charge in [-0.2, -0.15) is 4.91 Å². The van der Waals surface area contributed by atoms with Crippen molar-refractivity contribution in [2.75, 3.05) is 11.9 Å². The van der Waals surface area contributed by atoms with Gasteiger partial charge in [-0.3, -0.25) is 4.40 Å². The SMILES string of the molecule is N=Cc1c2c(c(NC3CCCC[C@H]3CN=O)n3c1nc1ccccc13)CCC2. The lowest BCUT2D eigenvalue weighted by atomic mass is 9.84. The summed E-state index contributed by atoms with van der Waals surface area (Å²) in [7, 11) is 0. The van der Waals surface area contributed by atoms with Gasteiger partial charge in [-0.1, -0.05) is 30.2 Å². The molecule has 0 radical (unpaired) electrons. The van der Waals surface area contributed by atoms with Gasteiger partial charge in [0.05, 0.1) is 17.6 Å². The number of aromatic nitrogens is 2. The van der Waals surface area contributed by atoms with Gasteiger partial charge in [0.2, 0.25) is 0 Å². The van der Waals surface area contributed by atoms with Gasteiger partial charge < -0.3 is 10.7 Å². The third-order valence-electron chi connectivity index (χ3n) is 6.54. The molecule has 3 aromatic rings. The highest BCUT2D eigenvalue weighted by Crippen LogP contribution is 2.38. The second-order valence-electron chi connectivity index (χ2n) is 8.08. The Morgan fingerprint density at radius 3 is 2.86 bits per heavy atom. The van der Waals surface area contributed by atoms with E-state index in [4.69, 9.17) is 10.4 Å². The Hall–Kier alpha value is -2.76. The average molecular weight is 375 g/mol. The van der Waals surface area contributed by atoms with E-state index in [0.29, 0.717) is 6.54 Å². The van der Waals surface area contributed by atoms with Gasteiger partial charge in [0.1, 0.15) is 11.5 Å². The van der Waals surface area contributed by atoms with Crippen LogP contribution >= 0.6 is 0 Å². The Morgan fingerprint density at radius 1 is 1.18 bits per heavy atom. The molecule has 6 heteroatoms. The molecule has 0 amide bonds. The highest BCUT2D eigenvalue weighted by Gasteiger charge is 2.30. The number of fused-ring (bicyclic) bond motifs is 4. The van der Waals surface area contributed by atoms with Crippen LogP contribution in [0.2, 0.25) is 0 Å². The van der Waals surface area contributed by atoms with Crippen molar-refractivity contribution in [2.45, 2.75) is 51.0 Å². The summed E-state index contributed by atoms with van der Waals surface area (Å²) in [5.41, 5.74) is 6.41. The smallest absolute Gasteiger partial charge is 0.148 e. The van der Waals surface area contributed by atoms with E-state index in [-0.39, 0.29) is 12.0 Å². The van der Waals surface area contributed by atoms with Crippen molar-refractivity contribution in [2.24, 2.45) is 11.1 Å². The molecule has 1 fully saturated rings. The van der Waals surface area contributed by atoms with Crippen LogP contribution in [-0.4, -0.2) is 28.2 Å². The molecule has 6 nitrogen and oxygen atoms in total. The number of rotatable bonds is 5. The number of para-hydroxylation sites is 2. The van der Waals surface area contributed by atoms with E-state index in [0.717, 1.165) is 60.2 Å². The molecule has 2 heterocycles. The quantitative estimate of drug-likeness (QED) is 0.500. The third-order valence-corrected chi connectivity index (χ3v) is 6.54. The summed E-state index contributed by atoms with van der Waals surface area (Å²) in [5, 5.41) is 15.1. The van der Waals surface area contributed by atoms with Gasteiger partial charge in [0.15, 0.2) is 0 Å². The van der Waals surface area contributed by atoms with Gasteiger partial charge in [-0.25, -0.2) is 4.98 Å². The standard InChI is InChI=1S/C22H25N5O/c23-12-17-15-7-5-8-16(15)21(25-18-9-2-1-6-14(18)13-24-28)27-20-11-4-3-10-19(20)26-22(17)27/h3-4,10-12,14,18,23,25H,1-2,5-9,13H2/t14-,18?/m0/s1. The molecule has 2 aliphatic carbocycles. The van der Waals surface area contributed by atoms with Crippen LogP contribution in [0.15, 0.2) is 29.4 Å². The van der Waals surface area contributed by atoms with Gasteiger partial charge in [-0.05, 0) is 55.4 Å². The lowest BCUT2D eigenvalue weighted by molar-refractivity contribution is 0.332. The number of imidazole rings is 1. The first-order valence-electron chi connectivity index (χ1n) is 10.3. The second kappa shape index (κ2) is 7.00. The Morgan fingerprint density at radius 2 is 2.00 bits per heavy atom. The molecule has 1 unspecified atom stereocenters. The third kappa shape index (κ3) is 2.62. The normalized spacial score (nSPS) is 21.7. The molecule has 1 aromatic carbocycles. The molecule has 0 bridgehead atoms. The summed E-state index contributed by atoms with van der Waals surface area (Å²) in [5.74, 6) is 1.40. The van der Waals surface area contributed by atoms with E-state index < -0.39 is 0 Å². The maximum atomic E-state index is 11.0. The molecule has 144 valence electrons. The number of nitrogens with zero attached hydrogens (tertiary/aromatic N) is 3. The van der Waals surface area contributed by atoms with Crippen LogP contribution in [0.4, 0.5) is 5.82 Å². The zero-order chi connectivity index (χ0) is 19.1. The maximum Gasteiger partial charge on any atom is 0.148 e. The van der Waals surface area contributed by atoms with Gasteiger partial charge in [0.25, 0.3) is 0 Å². The summed E-state index contributed by atoms with van der Waals surface area (Å²) >= 11 is 0. The number of nitrogens with one attached hydrogen (secondary N) is 2. The number of hydrogen-bond acceptors (Lipinski definition) is 5. The highest BCUT2D eigenvalue weighted by molar-refractivity contribution is 5.95. The van der Waals surface area contributed by atoms with Crippen LogP contribution in [0.5, 0.6) is 0 Å². The summed E-state index contributed by atoms with van der Waals surface area (Å²) in [6.45, 7) is 0.381. The molecule has 2 atom stereocenters. The number of hydrogen-bond donors (Lipinski definition) is 2. The maximum absolute atomic E-state index is 11.0. The topological polar surface area (TPSA) is 82.6 Å². The molecule has 2 aromatic heterocycles. The molecule has 0 aliphatic heterocycles. The summed E-state index contributed by atoms with van der Waals surface area (Å²) < 4.78 is 2.21. The number of nitroso groups, excluding NO2 is 1. The zero-order valence-electron chi connectivity index (χ0n) is 15.9. The lowest BCUT2D eigenvalue weighted by Crippen LogP contribution is -2.35. The molecule has 28 heavy (non-hydrogen) atoms. The minimum Gasteiger partial charge on any atom is -0.368 e. The minimum atomic E-state index is 0.256. The van der Waals surface area contributed by atoms with Crippen LogP contribution in [-0.2, 0) is 12.8 Å². The molecule has 2 N–H and O–H groups in total. The van der Waals surface area contributed by atoms with Crippen LogP contribution in [0.3, 0.4) is 0 Å². The van der Waals surface area contributed by atoms with E-state index in [2.05, 4.69) is 21.0 Å². The first-order chi connectivity index (χ1) is 13.8. The fourth-order valence-corrected chi connectivity index (χ4v) is 5.20. The van der Waals surface area contributed by atoms with E-state index in [1.807, 2.05) is 18.2 Å². The van der Waals surface area contributed by atoms with Gasteiger partial charge >= 0.3 is 0 Å². The van der Waals surface area contributed by atoms with E-state index in [1.165, 1.54) is 30.2 Å². The molecule has 0 saturated heterocycles. The molecule has 2 aliphatic rings. The van der Waals surface area contributed by atoms with Crippen molar-refractivity contribution in [1.29, 1.82) is 5.41 Å². The lowest BCUT2D eigenvalue weighted by Gasteiger charge is -2.32. The highest BCUT2D eigenvalue weighted by atomic mass is 16.3. The fourth-order valence-electron chi connectivity index (χ4n) is 5.20. The predicted octanol–water partition coefficient (Wildman–Crippen LogP) is 4.71. The van der Waals surface area contributed by atoms with E-state index in [1.54, 1.807) is 0 Å². The van der Waals surface area contributed by atoms with Gasteiger partial charge in [0, 0.05) is 23.7 Å². The minimum absolute atomic E-state index is 0.256. The van der Waals surface area contributed by atoms with Crippen molar-refractivity contribution in [3.8, 4) is 0 Å². The zero-order valence-corrected chi connectivity index (χ0v) is 15.9.